The lowest BCUT2D eigenvalue weighted by Gasteiger charge is -2.34. The van der Waals surface area contributed by atoms with E-state index in [0.717, 1.165) is 44.6 Å². The third-order valence-electron chi connectivity index (χ3n) is 15.2. The number of furan rings is 1. The number of anilines is 3. The van der Waals surface area contributed by atoms with Gasteiger partial charge in [-0.3, -0.25) is 0 Å². The fourth-order valence-corrected chi connectivity index (χ4v) is 11.8. The quantitative estimate of drug-likeness (QED) is 0.171. The Morgan fingerprint density at radius 2 is 0.884 bits per heavy atom. The Kier molecular flexibility index (Phi) is 8.99. The lowest BCUT2D eigenvalue weighted by atomic mass is 9.68. The van der Waals surface area contributed by atoms with Crippen molar-refractivity contribution in [1.82, 2.24) is 0 Å². The summed E-state index contributed by atoms with van der Waals surface area (Å²) in [4.78, 5) is 2.48. The molecular formula is C67H53NO. The minimum absolute atomic E-state index is 0.0395. The zero-order chi connectivity index (χ0) is 46.8. The van der Waals surface area contributed by atoms with E-state index in [1.54, 1.807) is 0 Å². The van der Waals surface area contributed by atoms with Gasteiger partial charge in [-0.25, -0.2) is 0 Å². The molecule has 10 aromatic carbocycles. The summed E-state index contributed by atoms with van der Waals surface area (Å²) in [5.41, 5.74) is 22.3. The number of fused-ring (bicyclic) bond motifs is 14. The predicted octanol–water partition coefficient (Wildman–Crippen LogP) is 18.5. The van der Waals surface area contributed by atoms with E-state index in [4.69, 9.17) is 4.42 Å². The first-order chi connectivity index (χ1) is 33.5. The first-order valence-corrected chi connectivity index (χ1v) is 24.4. The second kappa shape index (κ2) is 15.0. The van der Waals surface area contributed by atoms with Crippen molar-refractivity contribution in [3.8, 4) is 44.5 Å². The number of para-hydroxylation sites is 2. The van der Waals surface area contributed by atoms with Gasteiger partial charge in [0.2, 0.25) is 0 Å². The van der Waals surface area contributed by atoms with Gasteiger partial charge in [0, 0.05) is 33.8 Å². The highest BCUT2D eigenvalue weighted by atomic mass is 16.3. The standard InChI is InChI=1S/C67H53NO/c1-65(2,3)44-30-34-50-51-35-31-45(66(4,5)6)39-59(51)67(58(50)38-44)57-27-13-10-22-49(57)52-36-32-46(40-60(52)67)68(47-33-37-55-54-24-12-15-29-62(54)69-63(55)41-47)61-28-14-11-23-53(61)56-26-17-21-43-20-16-25-48(64(43)56)42-18-8-7-9-19-42/h7-41H,1-6H3. The molecule has 0 atom stereocenters. The molecule has 0 unspecified atom stereocenters. The number of nitrogens with zero attached hydrogens (tertiary/aromatic N) is 1. The van der Waals surface area contributed by atoms with E-state index < -0.39 is 5.41 Å². The van der Waals surface area contributed by atoms with Crippen LogP contribution in [0.15, 0.2) is 217 Å². The maximum Gasteiger partial charge on any atom is 0.137 e. The van der Waals surface area contributed by atoms with Crippen molar-refractivity contribution < 1.29 is 4.42 Å². The minimum atomic E-state index is -0.552. The van der Waals surface area contributed by atoms with Crippen LogP contribution in [-0.2, 0) is 16.2 Å². The molecule has 0 saturated heterocycles. The minimum Gasteiger partial charge on any atom is -0.456 e. The SMILES string of the molecule is CC(C)(C)c1ccc2c(c1)C1(c3ccccc3-c3ccc(N(c4ccc5c(c4)oc4ccccc45)c4ccccc4-c4cccc5cccc(-c6ccccc6)c45)cc31)c1cc(C(C)(C)C)ccc1-2. The van der Waals surface area contributed by atoms with Crippen molar-refractivity contribution in [3.63, 3.8) is 0 Å². The Hall–Kier alpha value is -7.94. The molecule has 2 aliphatic rings. The van der Waals surface area contributed by atoms with Crippen LogP contribution in [0.3, 0.4) is 0 Å². The van der Waals surface area contributed by atoms with Crippen molar-refractivity contribution in [3.05, 3.63) is 246 Å². The zero-order valence-electron chi connectivity index (χ0n) is 40.1. The second-order valence-electron chi connectivity index (χ2n) is 21.3. The Labute approximate surface area is 405 Å². The fourth-order valence-electron chi connectivity index (χ4n) is 11.8. The monoisotopic (exact) mass is 887 g/mol. The van der Waals surface area contributed by atoms with Crippen LogP contribution in [0.25, 0.3) is 77.2 Å². The van der Waals surface area contributed by atoms with Crippen molar-refractivity contribution in [2.75, 3.05) is 4.90 Å². The molecule has 332 valence electrons. The molecule has 2 aliphatic carbocycles. The van der Waals surface area contributed by atoms with Crippen molar-refractivity contribution >= 4 is 49.8 Å². The molecule has 69 heavy (non-hydrogen) atoms. The third-order valence-corrected chi connectivity index (χ3v) is 15.2. The van der Waals surface area contributed by atoms with Gasteiger partial charge < -0.3 is 9.32 Å². The molecule has 11 aromatic rings. The Balaban J connectivity index is 1.11. The van der Waals surface area contributed by atoms with E-state index in [0.29, 0.717) is 0 Å². The molecule has 2 nitrogen and oxygen atoms in total. The molecule has 0 amide bonds. The van der Waals surface area contributed by atoms with E-state index in [1.807, 2.05) is 0 Å². The van der Waals surface area contributed by atoms with E-state index >= 15 is 0 Å². The molecular weight excluding hydrogens is 835 g/mol. The van der Waals surface area contributed by atoms with E-state index in [2.05, 4.69) is 259 Å². The van der Waals surface area contributed by atoms with Gasteiger partial charge in [-0.15, -0.1) is 0 Å². The first kappa shape index (κ1) is 41.3. The molecule has 2 heteroatoms. The topological polar surface area (TPSA) is 16.4 Å². The first-order valence-electron chi connectivity index (χ1n) is 24.4. The maximum absolute atomic E-state index is 6.67. The largest absolute Gasteiger partial charge is 0.456 e. The molecule has 0 saturated carbocycles. The van der Waals surface area contributed by atoms with E-state index in [1.165, 1.54) is 83.1 Å². The summed E-state index contributed by atoms with van der Waals surface area (Å²) in [6.45, 7) is 14.0. The van der Waals surface area contributed by atoms with Gasteiger partial charge in [0.1, 0.15) is 11.2 Å². The van der Waals surface area contributed by atoms with Gasteiger partial charge in [0.05, 0.1) is 11.1 Å². The van der Waals surface area contributed by atoms with E-state index in [-0.39, 0.29) is 10.8 Å². The Morgan fingerprint density at radius 3 is 1.59 bits per heavy atom. The average Bonchev–Trinajstić information content (AvgIpc) is 3.99. The number of benzene rings is 10. The highest BCUT2D eigenvalue weighted by Gasteiger charge is 2.52. The normalized spacial score (nSPS) is 13.5. The predicted molar refractivity (Wildman–Crippen MR) is 290 cm³/mol. The van der Waals surface area contributed by atoms with Crippen molar-refractivity contribution in [2.45, 2.75) is 57.8 Å². The van der Waals surface area contributed by atoms with Gasteiger partial charge >= 0.3 is 0 Å². The lowest BCUT2D eigenvalue weighted by Crippen LogP contribution is -2.27. The molecule has 0 bridgehead atoms. The summed E-state index contributed by atoms with van der Waals surface area (Å²) in [5, 5.41) is 4.67. The summed E-state index contributed by atoms with van der Waals surface area (Å²) in [6, 6.07) is 79.4. The van der Waals surface area contributed by atoms with Crippen LogP contribution in [0.2, 0.25) is 0 Å². The lowest BCUT2D eigenvalue weighted by molar-refractivity contribution is 0.586. The number of hydrogen-bond acceptors (Lipinski definition) is 2. The summed E-state index contributed by atoms with van der Waals surface area (Å²) in [7, 11) is 0. The highest BCUT2D eigenvalue weighted by molar-refractivity contribution is 6.10. The molecule has 1 aromatic heterocycles. The fraction of sp³-hybridized carbons (Fsp3) is 0.134. The molecule has 1 heterocycles. The van der Waals surface area contributed by atoms with Crippen LogP contribution in [0.5, 0.6) is 0 Å². The Morgan fingerprint density at radius 1 is 0.362 bits per heavy atom. The number of hydrogen-bond donors (Lipinski definition) is 0. The number of rotatable bonds is 5. The molecule has 1 spiro atoms. The van der Waals surface area contributed by atoms with Crippen LogP contribution >= 0.6 is 0 Å². The molecule has 0 radical (unpaired) electrons. The van der Waals surface area contributed by atoms with E-state index in [9.17, 15) is 0 Å². The third kappa shape index (κ3) is 6.18. The van der Waals surface area contributed by atoms with Gasteiger partial charge in [-0.2, -0.15) is 0 Å². The van der Waals surface area contributed by atoms with Crippen molar-refractivity contribution in [2.24, 2.45) is 0 Å². The van der Waals surface area contributed by atoms with Gasteiger partial charge in [0.15, 0.2) is 0 Å². The van der Waals surface area contributed by atoms with Crippen LogP contribution in [-0.4, -0.2) is 0 Å². The van der Waals surface area contributed by atoms with Crippen molar-refractivity contribution in [1.29, 1.82) is 0 Å². The van der Waals surface area contributed by atoms with Gasteiger partial charge in [-0.05, 0) is 130 Å². The summed E-state index contributed by atoms with van der Waals surface area (Å²) in [5.74, 6) is 0. The molecule has 0 aliphatic heterocycles. The van der Waals surface area contributed by atoms with Crippen LogP contribution < -0.4 is 4.90 Å². The smallest absolute Gasteiger partial charge is 0.137 e. The van der Waals surface area contributed by atoms with Crippen LogP contribution in [0, 0.1) is 0 Å². The molecule has 13 rings (SSSR count). The van der Waals surface area contributed by atoms with Gasteiger partial charge in [0.25, 0.3) is 0 Å². The molecule has 0 N–H and O–H groups in total. The summed E-state index contributed by atoms with van der Waals surface area (Å²) >= 11 is 0. The summed E-state index contributed by atoms with van der Waals surface area (Å²) in [6.07, 6.45) is 0. The molecule has 0 fully saturated rings. The Bertz CT molecular complexity index is 3800. The summed E-state index contributed by atoms with van der Waals surface area (Å²) < 4.78 is 6.67. The van der Waals surface area contributed by atoms with Crippen LogP contribution in [0.1, 0.15) is 74.9 Å². The average molecular weight is 888 g/mol. The van der Waals surface area contributed by atoms with Crippen LogP contribution in [0.4, 0.5) is 17.1 Å². The van der Waals surface area contributed by atoms with Gasteiger partial charge in [-0.1, -0.05) is 211 Å². The highest BCUT2D eigenvalue weighted by Crippen LogP contribution is 2.64. The second-order valence-corrected chi connectivity index (χ2v) is 21.3. The maximum atomic E-state index is 6.67. The zero-order valence-corrected chi connectivity index (χ0v) is 40.1.